The maximum Gasteiger partial charge on any atom is 0.143 e. The number of aromatic nitrogens is 1. The molecule has 0 radical (unpaired) electrons. The second kappa shape index (κ2) is 14.8. The van der Waals surface area contributed by atoms with Gasteiger partial charge in [-0.05, 0) is 81.1 Å². The lowest BCUT2D eigenvalue weighted by Crippen LogP contribution is -2.18. The lowest BCUT2D eigenvalue weighted by atomic mass is 9.89. The van der Waals surface area contributed by atoms with Crippen LogP contribution in [0.1, 0.15) is 5.56 Å². The van der Waals surface area contributed by atoms with Crippen LogP contribution in [-0.2, 0) is 6.54 Å². The minimum atomic E-state index is 0.608. The van der Waals surface area contributed by atoms with E-state index < -0.39 is 0 Å². The average Bonchev–Trinajstić information content (AvgIpc) is 3.90. The summed E-state index contributed by atoms with van der Waals surface area (Å²) in [6.45, 7) is 0.608. The minimum absolute atomic E-state index is 0.608. The third-order valence-corrected chi connectivity index (χ3v) is 12.5. The molecule has 0 bridgehead atoms. The molecule has 0 fully saturated rings. The molecular weight excluding hydrogens is 753 g/mol. The first-order valence-corrected chi connectivity index (χ1v) is 21.3. The Kier molecular flexibility index (Phi) is 8.57. The lowest BCUT2D eigenvalue weighted by molar-refractivity contribution is 0.670. The Hall–Kier alpha value is -8.14. The summed E-state index contributed by atoms with van der Waals surface area (Å²) in [6.07, 6.45) is 0. The normalized spacial score (nSPS) is 11.6. The number of rotatable bonds is 8. The van der Waals surface area contributed by atoms with Crippen molar-refractivity contribution < 1.29 is 4.42 Å². The quantitative estimate of drug-likeness (QED) is 0.153. The van der Waals surface area contributed by atoms with Crippen LogP contribution in [0, 0.1) is 0 Å². The molecule has 0 aliphatic heterocycles. The summed E-state index contributed by atoms with van der Waals surface area (Å²) >= 11 is 0. The Labute approximate surface area is 360 Å². The monoisotopic (exact) mass is 792 g/mol. The Balaban J connectivity index is 1.13. The van der Waals surface area contributed by atoms with E-state index in [1.54, 1.807) is 0 Å². The fourth-order valence-corrected chi connectivity index (χ4v) is 9.79. The van der Waals surface area contributed by atoms with Gasteiger partial charge in [0.05, 0.1) is 16.7 Å². The van der Waals surface area contributed by atoms with Gasteiger partial charge in [-0.2, -0.15) is 0 Å². The summed E-state index contributed by atoms with van der Waals surface area (Å²) in [7, 11) is 0. The van der Waals surface area contributed by atoms with Gasteiger partial charge in [0.1, 0.15) is 11.2 Å². The standard InChI is InChI=1S/C59H40N2O/c1-3-19-40(20-4-1)45-30-15-22-41-23-16-31-48(57(41)45)44-26-8-7-21-42(44)39-60(52-34-12-9-27-46(52)49-32-17-33-50-47-28-11-14-38-56(47)62-59(49)50)54-36-18-37-55-58(54)51-29-10-13-35-53(51)61(55)43-24-5-2-6-25-43/h1-38H,39H2. The van der Waals surface area contributed by atoms with Gasteiger partial charge in [0, 0.05) is 50.6 Å². The van der Waals surface area contributed by atoms with E-state index in [4.69, 9.17) is 4.42 Å². The highest BCUT2D eigenvalue weighted by molar-refractivity contribution is 6.17. The van der Waals surface area contributed by atoms with E-state index in [9.17, 15) is 0 Å². The second-order valence-corrected chi connectivity index (χ2v) is 16.0. The van der Waals surface area contributed by atoms with E-state index in [1.165, 1.54) is 54.9 Å². The van der Waals surface area contributed by atoms with Gasteiger partial charge in [0.25, 0.3) is 0 Å². The van der Waals surface area contributed by atoms with Crippen molar-refractivity contribution >= 4 is 65.9 Å². The number of nitrogens with zero attached hydrogens (tertiary/aromatic N) is 2. The van der Waals surface area contributed by atoms with Crippen molar-refractivity contribution in [3.8, 4) is 39.1 Å². The molecule has 0 amide bonds. The Morgan fingerprint density at radius 1 is 0.371 bits per heavy atom. The van der Waals surface area contributed by atoms with E-state index in [0.29, 0.717) is 6.54 Å². The third-order valence-electron chi connectivity index (χ3n) is 12.5. The van der Waals surface area contributed by atoms with Gasteiger partial charge in [-0.25, -0.2) is 0 Å². The van der Waals surface area contributed by atoms with E-state index >= 15 is 0 Å². The fraction of sp³-hybridized carbons (Fsp3) is 0.0169. The first-order valence-electron chi connectivity index (χ1n) is 21.3. The predicted molar refractivity (Wildman–Crippen MR) is 261 cm³/mol. The highest BCUT2D eigenvalue weighted by atomic mass is 16.3. The summed E-state index contributed by atoms with van der Waals surface area (Å²) in [5.74, 6) is 0. The molecule has 0 atom stereocenters. The van der Waals surface area contributed by atoms with Gasteiger partial charge in [-0.1, -0.05) is 188 Å². The highest BCUT2D eigenvalue weighted by Gasteiger charge is 2.25. The largest absolute Gasteiger partial charge is 0.455 e. The SMILES string of the molecule is c1ccc(-c2cccc3cccc(-c4ccccc4CN(c4ccccc4-c4cccc5c4oc4ccccc45)c4cccc5c4c4ccccc4n5-c4ccccc4)c23)cc1. The molecule has 0 N–H and O–H groups in total. The number of para-hydroxylation sites is 5. The first-order chi connectivity index (χ1) is 30.8. The van der Waals surface area contributed by atoms with E-state index in [2.05, 4.69) is 234 Å². The Bertz CT molecular complexity index is 3610. The zero-order valence-corrected chi connectivity index (χ0v) is 33.9. The van der Waals surface area contributed by atoms with Crippen molar-refractivity contribution in [1.29, 1.82) is 0 Å². The maximum absolute atomic E-state index is 6.72. The fourth-order valence-electron chi connectivity index (χ4n) is 9.79. The number of anilines is 2. The van der Waals surface area contributed by atoms with Crippen LogP contribution in [-0.4, -0.2) is 4.57 Å². The van der Waals surface area contributed by atoms with Crippen LogP contribution in [0.3, 0.4) is 0 Å². The molecule has 292 valence electrons. The summed E-state index contributed by atoms with van der Waals surface area (Å²) in [4.78, 5) is 2.54. The zero-order chi connectivity index (χ0) is 41.0. The molecule has 0 spiro atoms. The van der Waals surface area contributed by atoms with Gasteiger partial charge in [-0.15, -0.1) is 0 Å². The van der Waals surface area contributed by atoms with Crippen molar-refractivity contribution in [2.24, 2.45) is 0 Å². The van der Waals surface area contributed by atoms with Crippen LogP contribution in [0.15, 0.2) is 235 Å². The Morgan fingerprint density at radius 2 is 0.952 bits per heavy atom. The van der Waals surface area contributed by atoms with Crippen molar-refractivity contribution in [3.05, 3.63) is 236 Å². The number of fused-ring (bicyclic) bond motifs is 7. The molecule has 0 aliphatic carbocycles. The molecule has 2 aromatic heterocycles. The molecule has 0 saturated heterocycles. The van der Waals surface area contributed by atoms with Gasteiger partial charge >= 0.3 is 0 Å². The van der Waals surface area contributed by atoms with Gasteiger partial charge in [0.2, 0.25) is 0 Å². The van der Waals surface area contributed by atoms with Crippen molar-refractivity contribution in [2.45, 2.75) is 6.54 Å². The maximum atomic E-state index is 6.72. The smallest absolute Gasteiger partial charge is 0.143 e. The highest BCUT2D eigenvalue weighted by Crippen LogP contribution is 2.47. The van der Waals surface area contributed by atoms with E-state index in [0.717, 1.165) is 55.6 Å². The number of furan rings is 1. The van der Waals surface area contributed by atoms with Crippen LogP contribution < -0.4 is 4.90 Å². The third kappa shape index (κ3) is 5.82. The molecule has 12 aromatic rings. The molecule has 0 aliphatic rings. The summed E-state index contributed by atoms with van der Waals surface area (Å²) in [6, 6.07) is 83.2. The average molecular weight is 793 g/mol. The van der Waals surface area contributed by atoms with E-state index in [1.807, 2.05) is 6.07 Å². The van der Waals surface area contributed by atoms with Crippen molar-refractivity contribution in [1.82, 2.24) is 4.57 Å². The molecule has 3 heteroatoms. The van der Waals surface area contributed by atoms with Crippen molar-refractivity contribution in [3.63, 3.8) is 0 Å². The van der Waals surface area contributed by atoms with Crippen molar-refractivity contribution in [2.75, 3.05) is 4.90 Å². The van der Waals surface area contributed by atoms with Crippen LogP contribution >= 0.6 is 0 Å². The number of hydrogen-bond donors (Lipinski definition) is 0. The molecule has 0 saturated carbocycles. The van der Waals surface area contributed by atoms with Crippen LogP contribution in [0.2, 0.25) is 0 Å². The molecular formula is C59H40N2O. The lowest BCUT2D eigenvalue weighted by Gasteiger charge is -2.30. The predicted octanol–water partition coefficient (Wildman–Crippen LogP) is 16.2. The minimum Gasteiger partial charge on any atom is -0.455 e. The van der Waals surface area contributed by atoms with Crippen LogP contribution in [0.5, 0.6) is 0 Å². The van der Waals surface area contributed by atoms with Crippen LogP contribution in [0.4, 0.5) is 11.4 Å². The topological polar surface area (TPSA) is 21.3 Å². The van der Waals surface area contributed by atoms with Gasteiger partial charge in [-0.3, -0.25) is 0 Å². The summed E-state index contributed by atoms with van der Waals surface area (Å²) < 4.78 is 9.13. The Morgan fingerprint density at radius 3 is 1.81 bits per heavy atom. The number of benzene rings is 10. The molecule has 3 nitrogen and oxygen atoms in total. The molecule has 10 aromatic carbocycles. The van der Waals surface area contributed by atoms with Gasteiger partial charge < -0.3 is 13.9 Å². The summed E-state index contributed by atoms with van der Waals surface area (Å²) in [5, 5.41) is 7.12. The molecule has 62 heavy (non-hydrogen) atoms. The molecule has 12 rings (SSSR count). The van der Waals surface area contributed by atoms with Crippen LogP contribution in [0.25, 0.3) is 93.6 Å². The molecule has 2 heterocycles. The second-order valence-electron chi connectivity index (χ2n) is 16.0. The van der Waals surface area contributed by atoms with E-state index in [-0.39, 0.29) is 0 Å². The summed E-state index contributed by atoms with van der Waals surface area (Å²) in [5.41, 5.74) is 15.7. The first kappa shape index (κ1) is 35.8. The zero-order valence-electron chi connectivity index (χ0n) is 33.9. The van der Waals surface area contributed by atoms with Gasteiger partial charge in [0.15, 0.2) is 0 Å². The molecule has 0 unspecified atom stereocenters. The number of hydrogen-bond acceptors (Lipinski definition) is 2.